The van der Waals surface area contributed by atoms with Gasteiger partial charge in [0, 0.05) is 13.0 Å². The van der Waals surface area contributed by atoms with Gasteiger partial charge in [-0.3, -0.25) is 0 Å². The standard InChI is InChI=1S/C19H36OSi/c1-10-12-18(11-2)19(20-9)13-14-21(15(3)4,16(5)6)17(7)8/h10,12,15-19H,11H2,1-9H3/b12-10+/t18-,19-/m1/s1. The van der Waals surface area contributed by atoms with Crippen LogP contribution >= 0.6 is 0 Å². The number of allylic oxidation sites excluding steroid dienone is 1. The van der Waals surface area contributed by atoms with Crippen molar-refractivity contribution in [3.8, 4) is 11.5 Å². The lowest BCUT2D eigenvalue weighted by Gasteiger charge is -2.38. The van der Waals surface area contributed by atoms with E-state index in [2.05, 4.69) is 79.0 Å². The maximum atomic E-state index is 5.69. The first-order valence-corrected chi connectivity index (χ1v) is 10.7. The van der Waals surface area contributed by atoms with Gasteiger partial charge in [0.2, 0.25) is 0 Å². The quantitative estimate of drug-likeness (QED) is 0.327. The zero-order chi connectivity index (χ0) is 16.6. The maximum absolute atomic E-state index is 5.69. The van der Waals surface area contributed by atoms with Crippen molar-refractivity contribution in [1.29, 1.82) is 0 Å². The Morgan fingerprint density at radius 1 is 1.00 bits per heavy atom. The zero-order valence-electron chi connectivity index (χ0n) is 15.7. The number of ether oxygens (including phenoxy) is 1. The van der Waals surface area contributed by atoms with Crippen molar-refractivity contribution in [1.82, 2.24) is 0 Å². The normalized spacial score (nSPS) is 15.6. The molecule has 0 rings (SSSR count). The smallest absolute Gasteiger partial charge is 0.146 e. The molecular weight excluding hydrogens is 272 g/mol. The molecule has 1 nitrogen and oxygen atoms in total. The molecule has 0 radical (unpaired) electrons. The Morgan fingerprint density at radius 3 is 1.76 bits per heavy atom. The molecule has 0 aliphatic carbocycles. The third-order valence-electron chi connectivity index (χ3n) is 4.85. The fourth-order valence-corrected chi connectivity index (χ4v) is 8.93. The van der Waals surface area contributed by atoms with Crippen LogP contribution in [0.2, 0.25) is 16.6 Å². The van der Waals surface area contributed by atoms with E-state index >= 15 is 0 Å². The van der Waals surface area contributed by atoms with Gasteiger partial charge in [0.15, 0.2) is 0 Å². The van der Waals surface area contributed by atoms with Crippen LogP contribution in [0.1, 0.15) is 61.8 Å². The van der Waals surface area contributed by atoms with E-state index in [0.717, 1.165) is 6.42 Å². The van der Waals surface area contributed by atoms with Gasteiger partial charge in [0.1, 0.15) is 14.2 Å². The van der Waals surface area contributed by atoms with Crippen molar-refractivity contribution in [3.05, 3.63) is 12.2 Å². The zero-order valence-corrected chi connectivity index (χ0v) is 16.7. The molecule has 0 aromatic heterocycles. The lowest BCUT2D eigenvalue weighted by molar-refractivity contribution is 0.113. The minimum absolute atomic E-state index is 0.0225. The summed E-state index contributed by atoms with van der Waals surface area (Å²) in [6.07, 6.45) is 5.43. The molecule has 0 aliphatic rings. The first kappa shape index (κ1) is 20.5. The molecular formula is C19H36OSi. The lowest BCUT2D eigenvalue weighted by atomic mass is 9.99. The van der Waals surface area contributed by atoms with E-state index in [1.807, 2.05) is 0 Å². The highest BCUT2D eigenvalue weighted by atomic mass is 28.3. The van der Waals surface area contributed by atoms with Gasteiger partial charge in [-0.15, -0.1) is 5.54 Å². The molecule has 0 amide bonds. The van der Waals surface area contributed by atoms with E-state index in [-0.39, 0.29) is 6.10 Å². The Hall–Kier alpha value is -0.523. The Morgan fingerprint density at radius 2 is 1.48 bits per heavy atom. The molecule has 0 saturated carbocycles. The van der Waals surface area contributed by atoms with Crippen LogP contribution in [0.15, 0.2) is 12.2 Å². The summed E-state index contributed by atoms with van der Waals surface area (Å²) in [5.41, 5.74) is 5.80. The fourth-order valence-electron chi connectivity index (χ4n) is 3.67. The second-order valence-electron chi connectivity index (χ2n) is 6.92. The number of hydrogen-bond acceptors (Lipinski definition) is 1. The second-order valence-corrected chi connectivity index (χ2v) is 12.5. The summed E-state index contributed by atoms with van der Waals surface area (Å²) in [6, 6.07) is 0. The minimum Gasteiger partial charge on any atom is -0.368 e. The summed E-state index contributed by atoms with van der Waals surface area (Å²) >= 11 is 0. The third-order valence-corrected chi connectivity index (χ3v) is 11.2. The Kier molecular flexibility index (Phi) is 9.25. The molecule has 0 fully saturated rings. The number of rotatable bonds is 7. The highest BCUT2D eigenvalue weighted by Gasteiger charge is 2.41. The van der Waals surface area contributed by atoms with E-state index in [1.165, 1.54) is 0 Å². The predicted octanol–water partition coefficient (Wildman–Crippen LogP) is 5.83. The number of methoxy groups -OCH3 is 1. The molecule has 0 bridgehead atoms. The molecule has 0 spiro atoms. The lowest BCUT2D eigenvalue weighted by Crippen LogP contribution is -2.43. The van der Waals surface area contributed by atoms with Gasteiger partial charge in [-0.1, -0.05) is 66.5 Å². The molecule has 2 atom stereocenters. The molecule has 21 heavy (non-hydrogen) atoms. The first-order chi connectivity index (χ1) is 9.77. The van der Waals surface area contributed by atoms with Crippen molar-refractivity contribution >= 4 is 8.07 Å². The van der Waals surface area contributed by atoms with Crippen molar-refractivity contribution < 1.29 is 4.74 Å². The number of hydrogen-bond donors (Lipinski definition) is 0. The predicted molar refractivity (Wildman–Crippen MR) is 98.2 cm³/mol. The van der Waals surface area contributed by atoms with Crippen LogP contribution in [0.5, 0.6) is 0 Å². The summed E-state index contributed by atoms with van der Waals surface area (Å²) in [7, 11) is 0.133. The average Bonchev–Trinajstić information content (AvgIpc) is 2.40. The van der Waals surface area contributed by atoms with E-state index in [1.54, 1.807) is 7.11 Å². The molecule has 122 valence electrons. The van der Waals surface area contributed by atoms with E-state index in [0.29, 0.717) is 22.5 Å². The average molecular weight is 309 g/mol. The van der Waals surface area contributed by atoms with Gasteiger partial charge in [-0.2, -0.15) is 0 Å². The van der Waals surface area contributed by atoms with E-state index in [9.17, 15) is 0 Å². The van der Waals surface area contributed by atoms with Gasteiger partial charge >= 0.3 is 0 Å². The Bertz CT molecular complexity index is 349. The Labute approximate surface area is 134 Å². The maximum Gasteiger partial charge on any atom is 0.146 e. The van der Waals surface area contributed by atoms with Gasteiger partial charge < -0.3 is 4.74 Å². The van der Waals surface area contributed by atoms with Gasteiger partial charge in [-0.05, 0) is 30.0 Å². The summed E-state index contributed by atoms with van der Waals surface area (Å²) in [4.78, 5) is 0. The van der Waals surface area contributed by atoms with E-state index < -0.39 is 8.07 Å². The van der Waals surface area contributed by atoms with Crippen molar-refractivity contribution in [2.24, 2.45) is 5.92 Å². The largest absolute Gasteiger partial charge is 0.368 e. The van der Waals surface area contributed by atoms with Crippen LogP contribution in [0.25, 0.3) is 0 Å². The van der Waals surface area contributed by atoms with Crippen LogP contribution in [-0.4, -0.2) is 21.3 Å². The summed E-state index contributed by atoms with van der Waals surface area (Å²) in [5.74, 6) is 3.92. The molecule has 0 N–H and O–H groups in total. The molecule has 0 aliphatic heterocycles. The SMILES string of the molecule is C/C=C/[C@@H](CC)[C@@H](C#C[Si](C(C)C)(C(C)C)C(C)C)OC. The topological polar surface area (TPSA) is 9.23 Å². The van der Waals surface area contributed by atoms with Gasteiger partial charge in [0.25, 0.3) is 0 Å². The van der Waals surface area contributed by atoms with Gasteiger partial charge in [0.05, 0.1) is 0 Å². The minimum atomic E-state index is -1.65. The summed E-state index contributed by atoms with van der Waals surface area (Å²) < 4.78 is 5.69. The summed E-state index contributed by atoms with van der Waals surface area (Å²) in [6.45, 7) is 18.4. The molecule has 0 aromatic rings. The van der Waals surface area contributed by atoms with Crippen LogP contribution in [0.4, 0.5) is 0 Å². The fraction of sp³-hybridized carbons (Fsp3) is 0.789. The van der Waals surface area contributed by atoms with Crippen LogP contribution in [0, 0.1) is 17.4 Å². The van der Waals surface area contributed by atoms with E-state index in [4.69, 9.17) is 4.74 Å². The molecule has 0 heterocycles. The van der Waals surface area contributed by atoms with Crippen molar-refractivity contribution in [2.45, 2.75) is 84.5 Å². The van der Waals surface area contributed by atoms with Gasteiger partial charge in [-0.25, -0.2) is 0 Å². The van der Waals surface area contributed by atoms with Crippen LogP contribution < -0.4 is 0 Å². The molecule has 0 saturated heterocycles. The second kappa shape index (κ2) is 9.49. The first-order valence-electron chi connectivity index (χ1n) is 8.46. The monoisotopic (exact) mass is 308 g/mol. The third kappa shape index (κ3) is 5.00. The highest BCUT2D eigenvalue weighted by molar-refractivity contribution is 6.90. The van der Waals surface area contributed by atoms with Crippen LogP contribution in [0.3, 0.4) is 0 Å². The summed E-state index contributed by atoms with van der Waals surface area (Å²) in [5, 5.41) is 0. The van der Waals surface area contributed by atoms with Crippen LogP contribution in [-0.2, 0) is 4.74 Å². The molecule has 0 unspecified atom stereocenters. The van der Waals surface area contributed by atoms with Crippen molar-refractivity contribution in [3.63, 3.8) is 0 Å². The highest BCUT2D eigenvalue weighted by Crippen LogP contribution is 2.40. The molecule has 2 heteroatoms. The Balaban J connectivity index is 5.62. The molecule has 0 aromatic carbocycles. The van der Waals surface area contributed by atoms with Crippen molar-refractivity contribution in [2.75, 3.05) is 7.11 Å².